The number of nitrogens with zero attached hydrogens (tertiary/aromatic N) is 1. The number of rotatable bonds is 4. The predicted octanol–water partition coefficient (Wildman–Crippen LogP) is 3.41. The lowest BCUT2D eigenvalue weighted by Crippen LogP contribution is -2.36. The lowest BCUT2D eigenvalue weighted by molar-refractivity contribution is 0.565. The first-order chi connectivity index (χ1) is 11.7. The summed E-state index contributed by atoms with van der Waals surface area (Å²) in [5.41, 5.74) is 3.23. The summed E-state index contributed by atoms with van der Waals surface area (Å²) in [6.45, 7) is 5.78. The van der Waals surface area contributed by atoms with Crippen LogP contribution in [0.25, 0.3) is 11.3 Å². The van der Waals surface area contributed by atoms with Crippen molar-refractivity contribution in [1.82, 2.24) is 4.72 Å². The molecule has 0 unspecified atom stereocenters. The molecule has 1 aliphatic heterocycles. The van der Waals surface area contributed by atoms with E-state index in [0.717, 1.165) is 28.5 Å². The van der Waals surface area contributed by atoms with Gasteiger partial charge in [-0.15, -0.1) is 0 Å². The second kappa shape index (κ2) is 6.07. The highest BCUT2D eigenvalue weighted by Gasteiger charge is 2.29. The Hall–Kier alpha value is -2.54. The zero-order chi connectivity index (χ0) is 18.4. The molecule has 0 spiro atoms. The summed E-state index contributed by atoms with van der Waals surface area (Å²) in [4.78, 5) is 1.66. The van der Waals surface area contributed by atoms with E-state index in [1.54, 1.807) is 24.1 Å². The summed E-state index contributed by atoms with van der Waals surface area (Å²) < 4.78 is 45.0. The molecule has 0 aliphatic carbocycles. The molecular formula is C18H19FN2O3S. The first-order valence-corrected chi connectivity index (χ1v) is 9.54. The molecule has 1 aliphatic rings. The van der Waals surface area contributed by atoms with Gasteiger partial charge in [0.1, 0.15) is 17.4 Å². The third kappa shape index (κ3) is 3.46. The normalized spacial score (nSPS) is 14.5. The van der Waals surface area contributed by atoms with E-state index >= 15 is 0 Å². The van der Waals surface area contributed by atoms with Gasteiger partial charge >= 0.3 is 0 Å². The molecule has 7 heteroatoms. The number of fused-ring (bicyclic) bond motifs is 1. The Morgan fingerprint density at radius 1 is 1.32 bits per heavy atom. The molecule has 0 radical (unpaired) electrons. The van der Waals surface area contributed by atoms with E-state index in [4.69, 9.17) is 4.42 Å². The van der Waals surface area contributed by atoms with Gasteiger partial charge in [-0.05, 0) is 37.3 Å². The molecule has 0 atom stereocenters. The number of sulfonamides is 1. The van der Waals surface area contributed by atoms with Crippen LogP contribution in [0.4, 0.5) is 10.3 Å². The van der Waals surface area contributed by atoms with Gasteiger partial charge in [0.25, 0.3) is 0 Å². The van der Waals surface area contributed by atoms with Gasteiger partial charge in [0.2, 0.25) is 15.9 Å². The fourth-order valence-electron chi connectivity index (χ4n) is 2.82. The van der Waals surface area contributed by atoms with Crippen molar-refractivity contribution in [3.05, 3.63) is 65.3 Å². The van der Waals surface area contributed by atoms with Gasteiger partial charge < -0.3 is 9.32 Å². The van der Waals surface area contributed by atoms with Gasteiger partial charge in [0, 0.05) is 30.2 Å². The zero-order valence-corrected chi connectivity index (χ0v) is 15.1. The Morgan fingerprint density at radius 2 is 1.96 bits per heavy atom. The summed E-state index contributed by atoms with van der Waals surface area (Å²) in [7, 11) is -1.72. The fraction of sp³-hybridized carbons (Fsp3) is 0.222. The summed E-state index contributed by atoms with van der Waals surface area (Å²) in [5, 5.41) is 0. The molecule has 1 aromatic heterocycles. The Bertz CT molecular complexity index is 972. The maximum atomic E-state index is 13.1. The van der Waals surface area contributed by atoms with Gasteiger partial charge in [-0.3, -0.25) is 4.72 Å². The topological polar surface area (TPSA) is 62.6 Å². The Balaban J connectivity index is 2.05. The maximum absolute atomic E-state index is 13.1. The molecule has 0 fully saturated rings. The van der Waals surface area contributed by atoms with E-state index in [2.05, 4.69) is 11.3 Å². The third-order valence-corrected chi connectivity index (χ3v) is 4.57. The number of allylic oxidation sites excluding steroid dienone is 2. The third-order valence-electron chi connectivity index (χ3n) is 4.01. The first-order valence-electron chi connectivity index (χ1n) is 7.65. The van der Waals surface area contributed by atoms with Crippen molar-refractivity contribution in [2.24, 2.45) is 0 Å². The summed E-state index contributed by atoms with van der Waals surface area (Å²) in [6.07, 6.45) is 1.60. The second-order valence-electron chi connectivity index (χ2n) is 6.17. The number of hydrogen-bond acceptors (Lipinski definition) is 4. The molecule has 0 amide bonds. The monoisotopic (exact) mass is 362 g/mol. The average molecular weight is 362 g/mol. The standard InChI is InChI=1S/C18H19FN2O3S/c1-11(2)15-9-13-10-16(12-5-7-14(19)8-6-12)24-18(13)21(3)17(15)20-25(4,22)23/h5-8,10,20H,1,9H2,2-4H3. The van der Waals surface area contributed by atoms with Crippen molar-refractivity contribution < 1.29 is 17.2 Å². The summed E-state index contributed by atoms with van der Waals surface area (Å²) in [6, 6.07) is 7.91. The molecule has 5 nitrogen and oxygen atoms in total. The molecule has 1 N–H and O–H groups in total. The van der Waals surface area contributed by atoms with Gasteiger partial charge in [-0.2, -0.15) is 0 Å². The van der Waals surface area contributed by atoms with Crippen LogP contribution in [-0.4, -0.2) is 21.7 Å². The van der Waals surface area contributed by atoms with Crippen LogP contribution in [0.2, 0.25) is 0 Å². The van der Waals surface area contributed by atoms with E-state index < -0.39 is 10.0 Å². The van der Waals surface area contributed by atoms with E-state index in [-0.39, 0.29) is 5.82 Å². The second-order valence-corrected chi connectivity index (χ2v) is 7.91. The molecule has 132 valence electrons. The van der Waals surface area contributed by atoms with Crippen molar-refractivity contribution in [3.8, 4) is 11.3 Å². The zero-order valence-electron chi connectivity index (χ0n) is 14.3. The van der Waals surface area contributed by atoms with Crippen LogP contribution >= 0.6 is 0 Å². The van der Waals surface area contributed by atoms with E-state index in [1.165, 1.54) is 12.1 Å². The van der Waals surface area contributed by atoms with Crippen LogP contribution < -0.4 is 9.62 Å². The Kier molecular flexibility index (Phi) is 4.20. The molecule has 0 saturated carbocycles. The minimum atomic E-state index is -3.45. The summed E-state index contributed by atoms with van der Waals surface area (Å²) in [5.74, 6) is 1.26. The van der Waals surface area contributed by atoms with Crippen LogP contribution in [0.3, 0.4) is 0 Å². The number of halogens is 1. The van der Waals surface area contributed by atoms with Crippen molar-refractivity contribution in [3.63, 3.8) is 0 Å². The van der Waals surface area contributed by atoms with Crippen LogP contribution in [-0.2, 0) is 16.4 Å². The van der Waals surface area contributed by atoms with Crippen LogP contribution in [0, 0.1) is 5.82 Å². The van der Waals surface area contributed by atoms with Crippen LogP contribution in [0.1, 0.15) is 12.5 Å². The van der Waals surface area contributed by atoms with E-state index in [9.17, 15) is 12.8 Å². The van der Waals surface area contributed by atoms with Gasteiger partial charge in [-0.25, -0.2) is 12.8 Å². The number of nitrogens with one attached hydrogen (secondary N) is 1. The van der Waals surface area contributed by atoms with Crippen molar-refractivity contribution in [1.29, 1.82) is 0 Å². The Labute approximate surface area is 146 Å². The smallest absolute Gasteiger partial charge is 0.230 e. The van der Waals surface area contributed by atoms with Crippen LogP contribution in [0.5, 0.6) is 0 Å². The summed E-state index contributed by atoms with van der Waals surface area (Å²) >= 11 is 0. The van der Waals surface area contributed by atoms with E-state index in [0.29, 0.717) is 23.9 Å². The minimum absolute atomic E-state index is 0.317. The SMILES string of the molecule is C=C(C)C1=C(NS(C)(=O)=O)N(C)c2oc(-c3ccc(F)cc3)cc2C1. The quantitative estimate of drug-likeness (QED) is 0.905. The first kappa shape index (κ1) is 17.3. The molecule has 1 aromatic carbocycles. The van der Waals surface area contributed by atoms with Crippen LogP contribution in [0.15, 0.2) is 58.3 Å². The number of benzene rings is 1. The number of furan rings is 1. The highest BCUT2D eigenvalue weighted by atomic mass is 32.2. The number of anilines is 1. The molecule has 0 bridgehead atoms. The van der Waals surface area contributed by atoms with Gasteiger partial charge in [0.05, 0.1) is 6.26 Å². The molecule has 2 aromatic rings. The van der Waals surface area contributed by atoms with E-state index in [1.807, 2.05) is 13.0 Å². The Morgan fingerprint density at radius 3 is 2.52 bits per heavy atom. The average Bonchev–Trinajstić information content (AvgIpc) is 2.93. The van der Waals surface area contributed by atoms with Crippen molar-refractivity contribution >= 4 is 15.9 Å². The maximum Gasteiger partial charge on any atom is 0.230 e. The molecule has 25 heavy (non-hydrogen) atoms. The molecule has 0 saturated heterocycles. The highest BCUT2D eigenvalue weighted by molar-refractivity contribution is 7.88. The number of hydrogen-bond donors (Lipinski definition) is 1. The largest absolute Gasteiger partial charge is 0.440 e. The fourth-order valence-corrected chi connectivity index (χ4v) is 3.43. The molecule has 2 heterocycles. The predicted molar refractivity (Wildman–Crippen MR) is 96.0 cm³/mol. The lowest BCUT2D eigenvalue weighted by Gasteiger charge is -2.29. The minimum Gasteiger partial charge on any atom is -0.440 e. The van der Waals surface area contributed by atoms with Crippen molar-refractivity contribution in [2.75, 3.05) is 18.2 Å². The van der Waals surface area contributed by atoms with Gasteiger partial charge in [-0.1, -0.05) is 12.2 Å². The lowest BCUT2D eigenvalue weighted by atomic mass is 9.97. The van der Waals surface area contributed by atoms with Gasteiger partial charge in [0.15, 0.2) is 0 Å². The molecular weight excluding hydrogens is 343 g/mol. The van der Waals surface area contributed by atoms with Crippen molar-refractivity contribution in [2.45, 2.75) is 13.3 Å². The molecule has 3 rings (SSSR count). The highest BCUT2D eigenvalue weighted by Crippen LogP contribution is 2.39.